The van der Waals surface area contributed by atoms with Crippen molar-refractivity contribution >= 4 is 11.8 Å². The molecule has 0 saturated heterocycles. The number of hydrogen-bond acceptors (Lipinski definition) is 2. The van der Waals surface area contributed by atoms with Crippen LogP contribution in [0, 0.1) is 5.92 Å². The molecule has 0 aromatic heterocycles. The third-order valence-electron chi connectivity index (χ3n) is 1.91. The topological polar surface area (TPSA) is 12.0 Å². The van der Waals surface area contributed by atoms with Crippen molar-refractivity contribution in [3.8, 4) is 0 Å². The lowest BCUT2D eigenvalue weighted by molar-refractivity contribution is 0.554. The van der Waals surface area contributed by atoms with Crippen LogP contribution in [0.1, 0.15) is 12.8 Å². The van der Waals surface area contributed by atoms with Crippen LogP contribution in [0.3, 0.4) is 0 Å². The van der Waals surface area contributed by atoms with Gasteiger partial charge in [0.2, 0.25) is 0 Å². The predicted molar refractivity (Wildman–Crippen MR) is 44.0 cm³/mol. The lowest BCUT2D eigenvalue weighted by Crippen LogP contribution is -2.29. The van der Waals surface area contributed by atoms with Crippen LogP contribution in [0.25, 0.3) is 0 Å². The lowest BCUT2D eigenvalue weighted by atomic mass is 10.2. The Morgan fingerprint density at radius 3 is 2.67 bits per heavy atom. The van der Waals surface area contributed by atoms with E-state index in [9.17, 15) is 0 Å². The fourth-order valence-corrected chi connectivity index (χ4v) is 1.93. The van der Waals surface area contributed by atoms with Crippen LogP contribution in [0.2, 0.25) is 0 Å². The Hall–Kier alpha value is 0.310. The van der Waals surface area contributed by atoms with Gasteiger partial charge >= 0.3 is 0 Å². The summed E-state index contributed by atoms with van der Waals surface area (Å²) in [5, 5.41) is 3.34. The third-order valence-corrected chi connectivity index (χ3v) is 2.60. The molecule has 0 spiro atoms. The Morgan fingerprint density at radius 1 is 1.67 bits per heavy atom. The number of thioether (sulfide) groups is 1. The van der Waals surface area contributed by atoms with Crippen molar-refractivity contribution in [2.45, 2.75) is 18.9 Å². The highest BCUT2D eigenvalue weighted by molar-refractivity contribution is 7.98. The fraction of sp³-hybridized carbons (Fsp3) is 1.00. The lowest BCUT2D eigenvalue weighted by Gasteiger charge is -2.12. The minimum absolute atomic E-state index is 0.792. The van der Waals surface area contributed by atoms with E-state index in [1.807, 2.05) is 11.8 Å². The summed E-state index contributed by atoms with van der Waals surface area (Å²) in [4.78, 5) is 0. The van der Waals surface area contributed by atoms with Crippen LogP contribution < -0.4 is 5.32 Å². The maximum Gasteiger partial charge on any atom is 0.0183 e. The second-order valence-corrected chi connectivity index (χ2v) is 3.60. The van der Waals surface area contributed by atoms with Crippen LogP contribution in [0.15, 0.2) is 0 Å². The molecule has 1 fully saturated rings. The van der Waals surface area contributed by atoms with Crippen LogP contribution >= 0.6 is 11.8 Å². The molecule has 0 bridgehead atoms. The fourth-order valence-electron chi connectivity index (χ4n) is 1.13. The molecule has 0 aromatic rings. The molecule has 1 nitrogen and oxygen atoms in total. The van der Waals surface area contributed by atoms with Crippen molar-refractivity contribution in [2.24, 2.45) is 5.92 Å². The van der Waals surface area contributed by atoms with Crippen LogP contribution in [-0.4, -0.2) is 25.1 Å². The molecule has 9 heavy (non-hydrogen) atoms. The zero-order valence-electron chi connectivity index (χ0n) is 6.18. The molecule has 0 amide bonds. The molecule has 1 N–H and O–H groups in total. The summed E-state index contributed by atoms with van der Waals surface area (Å²) >= 11 is 1.94. The van der Waals surface area contributed by atoms with Gasteiger partial charge in [0.1, 0.15) is 0 Å². The van der Waals surface area contributed by atoms with Gasteiger partial charge in [-0.25, -0.2) is 0 Å². The molecule has 1 aliphatic rings. The first-order valence-corrected chi connectivity index (χ1v) is 4.94. The van der Waals surface area contributed by atoms with Gasteiger partial charge in [-0.2, -0.15) is 11.8 Å². The van der Waals surface area contributed by atoms with E-state index in [2.05, 4.69) is 18.6 Å². The predicted octanol–water partition coefficient (Wildman–Crippen LogP) is 1.35. The first kappa shape index (κ1) is 7.42. The van der Waals surface area contributed by atoms with Crippen molar-refractivity contribution in [3.63, 3.8) is 0 Å². The van der Waals surface area contributed by atoms with Crippen LogP contribution in [0.4, 0.5) is 0 Å². The minimum Gasteiger partial charge on any atom is -0.316 e. The quantitative estimate of drug-likeness (QED) is 0.641. The largest absolute Gasteiger partial charge is 0.316 e. The monoisotopic (exact) mass is 145 g/mol. The summed E-state index contributed by atoms with van der Waals surface area (Å²) in [7, 11) is 2.07. The van der Waals surface area contributed by atoms with Crippen molar-refractivity contribution in [3.05, 3.63) is 0 Å². The summed E-state index contributed by atoms with van der Waals surface area (Å²) in [5.74, 6) is 2.28. The molecule has 0 radical (unpaired) electrons. The Morgan fingerprint density at radius 2 is 2.33 bits per heavy atom. The zero-order valence-corrected chi connectivity index (χ0v) is 7.00. The molecule has 1 saturated carbocycles. The van der Waals surface area contributed by atoms with Gasteiger partial charge in [0, 0.05) is 11.8 Å². The summed E-state index contributed by atoms with van der Waals surface area (Å²) in [6.45, 7) is 0. The second kappa shape index (κ2) is 3.47. The molecular formula is C7H15NS. The van der Waals surface area contributed by atoms with Gasteiger partial charge in [-0.1, -0.05) is 0 Å². The Kier molecular flexibility index (Phi) is 2.86. The Balaban J connectivity index is 2.12. The van der Waals surface area contributed by atoms with E-state index in [4.69, 9.17) is 0 Å². The van der Waals surface area contributed by atoms with E-state index < -0.39 is 0 Å². The number of hydrogen-bond donors (Lipinski definition) is 1. The van der Waals surface area contributed by atoms with Gasteiger partial charge < -0.3 is 5.32 Å². The van der Waals surface area contributed by atoms with Crippen LogP contribution in [0.5, 0.6) is 0 Å². The van der Waals surface area contributed by atoms with E-state index >= 15 is 0 Å². The number of nitrogens with one attached hydrogen (secondary N) is 1. The summed E-state index contributed by atoms with van der Waals surface area (Å²) in [6, 6.07) is 0.792. The molecule has 0 aromatic carbocycles. The Labute approximate surface area is 61.6 Å². The molecule has 0 aliphatic heterocycles. The maximum atomic E-state index is 3.34. The van der Waals surface area contributed by atoms with E-state index in [1.54, 1.807) is 0 Å². The van der Waals surface area contributed by atoms with Gasteiger partial charge in [-0.05, 0) is 32.1 Å². The van der Waals surface area contributed by atoms with E-state index in [0.717, 1.165) is 12.0 Å². The highest BCUT2D eigenvalue weighted by Gasteiger charge is 2.29. The summed E-state index contributed by atoms with van der Waals surface area (Å²) in [6.07, 6.45) is 5.07. The van der Waals surface area contributed by atoms with Gasteiger partial charge in [-0.15, -0.1) is 0 Å². The molecule has 54 valence electrons. The van der Waals surface area contributed by atoms with Gasteiger partial charge in [0.25, 0.3) is 0 Å². The summed E-state index contributed by atoms with van der Waals surface area (Å²) in [5.41, 5.74) is 0. The van der Waals surface area contributed by atoms with E-state index in [-0.39, 0.29) is 0 Å². The standard InChI is InChI=1S/C7H15NS/c1-8-7(5-9-2)6-3-4-6/h6-8H,3-5H2,1-2H3. The zero-order chi connectivity index (χ0) is 6.69. The highest BCUT2D eigenvalue weighted by atomic mass is 32.2. The van der Waals surface area contributed by atoms with E-state index in [0.29, 0.717) is 0 Å². The van der Waals surface area contributed by atoms with E-state index in [1.165, 1.54) is 18.6 Å². The minimum atomic E-state index is 0.792. The van der Waals surface area contributed by atoms with Gasteiger partial charge in [0.15, 0.2) is 0 Å². The molecule has 1 aliphatic carbocycles. The smallest absolute Gasteiger partial charge is 0.0183 e. The third kappa shape index (κ3) is 2.18. The first-order chi connectivity index (χ1) is 4.38. The number of rotatable bonds is 4. The van der Waals surface area contributed by atoms with Crippen LogP contribution in [-0.2, 0) is 0 Å². The molecule has 1 atom stereocenters. The first-order valence-electron chi connectivity index (χ1n) is 3.54. The maximum absolute atomic E-state index is 3.34. The van der Waals surface area contributed by atoms with Gasteiger partial charge in [0.05, 0.1) is 0 Å². The molecule has 1 rings (SSSR count). The molecule has 0 heterocycles. The summed E-state index contributed by atoms with van der Waals surface area (Å²) < 4.78 is 0. The SMILES string of the molecule is CNC(CSC)C1CC1. The average molecular weight is 145 g/mol. The highest BCUT2D eigenvalue weighted by Crippen LogP contribution is 2.33. The Bertz CT molecular complexity index is 81.0. The average Bonchev–Trinajstić information content (AvgIpc) is 2.64. The normalized spacial score (nSPS) is 22.0. The second-order valence-electron chi connectivity index (χ2n) is 2.69. The van der Waals surface area contributed by atoms with Gasteiger partial charge in [-0.3, -0.25) is 0 Å². The van der Waals surface area contributed by atoms with Crippen molar-refractivity contribution in [1.29, 1.82) is 0 Å². The van der Waals surface area contributed by atoms with Crippen molar-refractivity contribution in [2.75, 3.05) is 19.1 Å². The molecular weight excluding hydrogens is 130 g/mol. The molecule has 2 heteroatoms. The van der Waals surface area contributed by atoms with Crippen molar-refractivity contribution in [1.82, 2.24) is 5.32 Å². The van der Waals surface area contributed by atoms with Crippen molar-refractivity contribution < 1.29 is 0 Å². The molecule has 1 unspecified atom stereocenters.